The van der Waals surface area contributed by atoms with Gasteiger partial charge in [0.2, 0.25) is 0 Å². The van der Waals surface area contributed by atoms with Gasteiger partial charge < -0.3 is 16.2 Å². The lowest BCUT2D eigenvalue weighted by molar-refractivity contribution is 0.475. The molecule has 5 rings (SSSR count). The zero-order chi connectivity index (χ0) is 21.2. The minimum Gasteiger partial charge on any atom is -0.508 e. The summed E-state index contributed by atoms with van der Waals surface area (Å²) in [6.07, 6.45) is 2.56. The van der Waals surface area contributed by atoms with Gasteiger partial charge in [-0.05, 0) is 47.7 Å². The minimum absolute atomic E-state index is 0.264. The van der Waals surface area contributed by atoms with Crippen LogP contribution in [0.3, 0.4) is 0 Å². The van der Waals surface area contributed by atoms with Gasteiger partial charge in [-0.1, -0.05) is 24.3 Å². The minimum atomic E-state index is 0.264. The van der Waals surface area contributed by atoms with Crippen LogP contribution in [0.5, 0.6) is 5.75 Å². The van der Waals surface area contributed by atoms with Crippen LogP contribution in [0.2, 0.25) is 0 Å². The molecule has 3 aromatic heterocycles. The van der Waals surface area contributed by atoms with Gasteiger partial charge in [-0.2, -0.15) is 11.3 Å². The lowest BCUT2D eigenvalue weighted by Gasteiger charge is -2.10. The molecule has 0 unspecified atom stereocenters. The Bertz CT molecular complexity index is 1330. The average molecular weight is 429 g/mol. The molecule has 154 valence electrons. The van der Waals surface area contributed by atoms with Crippen molar-refractivity contribution >= 4 is 34.0 Å². The first-order valence-corrected chi connectivity index (χ1v) is 10.8. The Morgan fingerprint density at radius 3 is 2.71 bits per heavy atom. The molecule has 0 amide bonds. The molecular formula is C23H20N6OS. The highest BCUT2D eigenvalue weighted by atomic mass is 32.1. The van der Waals surface area contributed by atoms with Crippen molar-refractivity contribution in [3.63, 3.8) is 0 Å². The second-order valence-corrected chi connectivity index (χ2v) is 7.91. The van der Waals surface area contributed by atoms with E-state index in [0.717, 1.165) is 28.9 Å². The van der Waals surface area contributed by atoms with Crippen LogP contribution < -0.4 is 11.1 Å². The summed E-state index contributed by atoms with van der Waals surface area (Å²) >= 11 is 1.62. The number of hydrogen-bond acceptors (Lipinski definition) is 7. The van der Waals surface area contributed by atoms with Crippen LogP contribution >= 0.6 is 11.3 Å². The number of aromatic hydroxyl groups is 1. The number of thiophene rings is 1. The molecule has 0 fully saturated rings. The fourth-order valence-corrected chi connectivity index (χ4v) is 4.03. The van der Waals surface area contributed by atoms with Gasteiger partial charge >= 0.3 is 0 Å². The van der Waals surface area contributed by atoms with Crippen LogP contribution in [-0.4, -0.2) is 31.2 Å². The quantitative estimate of drug-likeness (QED) is 0.345. The summed E-state index contributed by atoms with van der Waals surface area (Å²) in [5, 5.41) is 17.0. The summed E-state index contributed by atoms with van der Waals surface area (Å²) in [5.74, 6) is 1.53. The first-order valence-electron chi connectivity index (χ1n) is 9.83. The van der Waals surface area contributed by atoms with E-state index in [1.807, 2.05) is 52.4 Å². The molecule has 0 saturated carbocycles. The van der Waals surface area contributed by atoms with Crippen LogP contribution in [0.4, 0.5) is 11.5 Å². The average Bonchev–Trinajstić information content (AvgIpc) is 3.44. The Labute approximate surface area is 182 Å². The maximum Gasteiger partial charge on any atom is 0.170 e. The number of phenolic OH excluding ortho intramolecular Hbond substituents is 1. The number of aromatic nitrogens is 4. The van der Waals surface area contributed by atoms with Crippen molar-refractivity contribution in [2.75, 3.05) is 17.6 Å². The molecule has 0 atom stereocenters. The highest BCUT2D eigenvalue weighted by Gasteiger charge is 2.15. The second kappa shape index (κ2) is 8.08. The molecule has 4 N–H and O–H groups in total. The predicted octanol–water partition coefficient (Wildman–Crippen LogP) is 4.49. The normalized spacial score (nSPS) is 11.1. The zero-order valence-electron chi connectivity index (χ0n) is 16.6. The van der Waals surface area contributed by atoms with E-state index in [0.29, 0.717) is 29.4 Å². The van der Waals surface area contributed by atoms with E-state index < -0.39 is 0 Å². The van der Waals surface area contributed by atoms with Crippen molar-refractivity contribution in [1.82, 2.24) is 19.5 Å². The highest BCUT2D eigenvalue weighted by Crippen LogP contribution is 2.27. The van der Waals surface area contributed by atoms with E-state index in [1.165, 1.54) is 0 Å². The molecule has 8 heteroatoms. The van der Waals surface area contributed by atoms with Gasteiger partial charge in [-0.25, -0.2) is 15.0 Å². The maximum absolute atomic E-state index is 9.47. The molecule has 31 heavy (non-hydrogen) atoms. The zero-order valence-corrected chi connectivity index (χ0v) is 17.4. The molecule has 0 saturated heterocycles. The number of rotatable bonds is 6. The van der Waals surface area contributed by atoms with Gasteiger partial charge in [-0.3, -0.25) is 4.57 Å². The largest absolute Gasteiger partial charge is 0.508 e. The van der Waals surface area contributed by atoms with Gasteiger partial charge in [0.25, 0.3) is 0 Å². The number of nitrogen functional groups attached to an aromatic ring is 1. The number of hydrogen-bond donors (Lipinski definition) is 3. The molecule has 0 bridgehead atoms. The van der Waals surface area contributed by atoms with Crippen LogP contribution in [0.1, 0.15) is 5.56 Å². The molecule has 7 nitrogen and oxygen atoms in total. The van der Waals surface area contributed by atoms with Gasteiger partial charge in [-0.15, -0.1) is 0 Å². The third kappa shape index (κ3) is 3.93. The van der Waals surface area contributed by atoms with Crippen LogP contribution in [0.15, 0.2) is 71.7 Å². The standard InChI is InChI=1S/C23H20N6OS/c24-17-3-1-2-16(12-17)21-27-22(25-10-8-15-4-6-19(30)7-5-15)20-23(28-21)29(14-26-20)18-9-11-31-13-18/h1-7,9,11-14,30H,8,10,24H2,(H,25,27,28). The van der Waals surface area contributed by atoms with E-state index in [4.69, 9.17) is 15.7 Å². The van der Waals surface area contributed by atoms with Gasteiger partial charge in [0.1, 0.15) is 12.1 Å². The van der Waals surface area contributed by atoms with Gasteiger partial charge in [0, 0.05) is 23.2 Å². The Morgan fingerprint density at radius 1 is 1.06 bits per heavy atom. The number of benzene rings is 2. The van der Waals surface area contributed by atoms with Crippen molar-refractivity contribution in [1.29, 1.82) is 0 Å². The fourth-order valence-electron chi connectivity index (χ4n) is 3.40. The van der Waals surface area contributed by atoms with Gasteiger partial charge in [0.05, 0.1) is 5.69 Å². The number of nitrogens with two attached hydrogens (primary N) is 1. The van der Waals surface area contributed by atoms with E-state index in [-0.39, 0.29) is 5.75 Å². The molecule has 2 aromatic carbocycles. The monoisotopic (exact) mass is 428 g/mol. The van der Waals surface area contributed by atoms with Gasteiger partial charge in [0.15, 0.2) is 22.8 Å². The van der Waals surface area contributed by atoms with Crippen molar-refractivity contribution in [2.24, 2.45) is 0 Å². The number of nitrogens with one attached hydrogen (secondary N) is 1. The molecular weight excluding hydrogens is 408 g/mol. The fraction of sp³-hybridized carbons (Fsp3) is 0.0870. The van der Waals surface area contributed by atoms with E-state index in [2.05, 4.69) is 15.7 Å². The number of fused-ring (bicyclic) bond motifs is 1. The van der Waals surface area contributed by atoms with Crippen LogP contribution in [-0.2, 0) is 6.42 Å². The summed E-state index contributed by atoms with van der Waals surface area (Å²) in [6, 6.07) is 16.8. The predicted molar refractivity (Wildman–Crippen MR) is 125 cm³/mol. The molecule has 0 spiro atoms. The summed E-state index contributed by atoms with van der Waals surface area (Å²) in [7, 11) is 0. The van der Waals surface area contributed by atoms with Crippen LogP contribution in [0, 0.1) is 0 Å². The molecule has 0 aliphatic heterocycles. The first kappa shape index (κ1) is 19.1. The van der Waals surface area contributed by atoms with Crippen molar-refractivity contribution in [2.45, 2.75) is 6.42 Å². The molecule has 0 aliphatic carbocycles. The molecule has 3 heterocycles. The number of anilines is 2. The smallest absolute Gasteiger partial charge is 0.170 e. The Hall–Kier alpha value is -3.91. The van der Waals surface area contributed by atoms with Crippen molar-refractivity contribution in [3.05, 3.63) is 77.2 Å². The van der Waals surface area contributed by atoms with E-state index in [9.17, 15) is 5.11 Å². The number of nitrogens with zero attached hydrogens (tertiary/aromatic N) is 4. The maximum atomic E-state index is 9.47. The molecule has 0 radical (unpaired) electrons. The first-order chi connectivity index (χ1) is 15.2. The van der Waals surface area contributed by atoms with Crippen LogP contribution in [0.25, 0.3) is 28.2 Å². The Balaban J connectivity index is 1.53. The van der Waals surface area contributed by atoms with Crippen molar-refractivity contribution < 1.29 is 5.11 Å². The lowest BCUT2D eigenvalue weighted by atomic mass is 10.1. The number of imidazole rings is 1. The van der Waals surface area contributed by atoms with Crippen molar-refractivity contribution in [3.8, 4) is 22.8 Å². The van der Waals surface area contributed by atoms with E-state index >= 15 is 0 Å². The second-order valence-electron chi connectivity index (χ2n) is 7.13. The van der Waals surface area contributed by atoms with E-state index in [1.54, 1.807) is 29.8 Å². The summed E-state index contributed by atoms with van der Waals surface area (Å²) in [4.78, 5) is 14.2. The lowest BCUT2D eigenvalue weighted by Crippen LogP contribution is -2.08. The Morgan fingerprint density at radius 2 is 1.94 bits per heavy atom. The Kier molecular flexibility index (Phi) is 4.97. The molecule has 5 aromatic rings. The topological polar surface area (TPSA) is 102 Å². The SMILES string of the molecule is Nc1cccc(-c2nc(NCCc3ccc(O)cc3)c3ncn(-c4ccsc4)c3n2)c1. The third-order valence-electron chi connectivity index (χ3n) is 4.97. The summed E-state index contributed by atoms with van der Waals surface area (Å²) in [6.45, 7) is 0.665. The summed E-state index contributed by atoms with van der Waals surface area (Å²) < 4.78 is 1.97. The third-order valence-corrected chi connectivity index (χ3v) is 5.64. The number of phenols is 1. The molecule has 0 aliphatic rings. The highest BCUT2D eigenvalue weighted by molar-refractivity contribution is 7.08. The summed E-state index contributed by atoms with van der Waals surface area (Å²) in [5.41, 5.74) is 11.1.